The zero-order valence-corrected chi connectivity index (χ0v) is 19.0. The van der Waals surface area contributed by atoms with E-state index in [9.17, 15) is 5.26 Å². The van der Waals surface area contributed by atoms with Crippen molar-refractivity contribution in [1.29, 1.82) is 5.26 Å². The van der Waals surface area contributed by atoms with E-state index in [2.05, 4.69) is 29.6 Å². The van der Waals surface area contributed by atoms with E-state index in [1.165, 1.54) is 11.5 Å². The van der Waals surface area contributed by atoms with Gasteiger partial charge < -0.3 is 10.1 Å². The van der Waals surface area contributed by atoms with Gasteiger partial charge in [0.15, 0.2) is 0 Å². The zero-order valence-electron chi connectivity index (χ0n) is 18.2. The third-order valence-electron chi connectivity index (χ3n) is 4.91. The summed E-state index contributed by atoms with van der Waals surface area (Å²) in [7, 11) is 1.89. The number of rotatable bonds is 5. The van der Waals surface area contributed by atoms with Crippen molar-refractivity contribution >= 4 is 23.1 Å². The first-order chi connectivity index (χ1) is 14.3. The van der Waals surface area contributed by atoms with E-state index in [-0.39, 0.29) is 0 Å². The fourth-order valence-corrected chi connectivity index (χ4v) is 3.90. The number of nitriles is 1. The molecule has 0 bridgehead atoms. The lowest BCUT2D eigenvalue weighted by Crippen LogP contribution is -2.23. The van der Waals surface area contributed by atoms with Gasteiger partial charge in [-0.3, -0.25) is 0 Å². The van der Waals surface area contributed by atoms with Crippen LogP contribution in [0.3, 0.4) is 0 Å². The quantitative estimate of drug-likeness (QED) is 0.390. The van der Waals surface area contributed by atoms with Crippen LogP contribution in [0.25, 0.3) is 11.3 Å². The highest BCUT2D eigenvalue weighted by atomic mass is 32.1. The SMILES string of the molecule is CNC(=Nc1cc(C)c(Oc2snc(-c3ccccc3C)c2C#N)cc1C)C(C)C. The van der Waals surface area contributed by atoms with E-state index >= 15 is 0 Å². The summed E-state index contributed by atoms with van der Waals surface area (Å²) >= 11 is 1.20. The zero-order chi connectivity index (χ0) is 21.8. The van der Waals surface area contributed by atoms with Gasteiger partial charge in [-0.15, -0.1) is 0 Å². The van der Waals surface area contributed by atoms with Crippen molar-refractivity contribution in [3.05, 3.63) is 58.7 Å². The van der Waals surface area contributed by atoms with E-state index in [0.717, 1.165) is 33.8 Å². The van der Waals surface area contributed by atoms with E-state index in [4.69, 9.17) is 9.73 Å². The third-order valence-corrected chi connectivity index (χ3v) is 5.64. The monoisotopic (exact) mass is 418 g/mol. The molecule has 0 unspecified atom stereocenters. The van der Waals surface area contributed by atoms with Gasteiger partial charge in [0.1, 0.15) is 28.9 Å². The molecule has 0 radical (unpaired) electrons. The number of nitrogens with zero attached hydrogens (tertiary/aromatic N) is 3. The molecule has 0 atom stereocenters. The van der Waals surface area contributed by atoms with Crippen molar-refractivity contribution in [2.75, 3.05) is 7.05 Å². The molecule has 3 rings (SSSR count). The van der Waals surface area contributed by atoms with Gasteiger partial charge in [0.25, 0.3) is 0 Å². The molecule has 1 N–H and O–H groups in total. The van der Waals surface area contributed by atoms with Crippen molar-refractivity contribution in [3.8, 4) is 28.1 Å². The van der Waals surface area contributed by atoms with Crippen LogP contribution in [-0.4, -0.2) is 17.3 Å². The van der Waals surface area contributed by atoms with Gasteiger partial charge in [-0.25, -0.2) is 4.99 Å². The largest absolute Gasteiger partial charge is 0.443 e. The second-order valence-electron chi connectivity index (χ2n) is 7.53. The van der Waals surface area contributed by atoms with Crippen LogP contribution in [0.5, 0.6) is 10.8 Å². The highest BCUT2D eigenvalue weighted by Gasteiger charge is 2.19. The summed E-state index contributed by atoms with van der Waals surface area (Å²) in [5.41, 5.74) is 6.02. The van der Waals surface area contributed by atoms with Crippen LogP contribution in [0.1, 0.15) is 36.1 Å². The molecule has 0 saturated carbocycles. The van der Waals surface area contributed by atoms with Crippen molar-refractivity contribution in [2.24, 2.45) is 10.9 Å². The van der Waals surface area contributed by atoms with Crippen molar-refractivity contribution in [1.82, 2.24) is 9.69 Å². The minimum atomic E-state index is 0.306. The van der Waals surface area contributed by atoms with Crippen molar-refractivity contribution in [2.45, 2.75) is 34.6 Å². The molecule has 0 aliphatic rings. The van der Waals surface area contributed by atoms with Gasteiger partial charge in [-0.1, -0.05) is 38.1 Å². The van der Waals surface area contributed by atoms with Crippen LogP contribution in [-0.2, 0) is 0 Å². The Hall–Kier alpha value is -3.17. The molecule has 0 fully saturated rings. The van der Waals surface area contributed by atoms with Gasteiger partial charge >= 0.3 is 0 Å². The summed E-state index contributed by atoms with van der Waals surface area (Å²) in [4.78, 5) is 4.76. The van der Waals surface area contributed by atoms with Gasteiger partial charge in [0.2, 0.25) is 5.06 Å². The van der Waals surface area contributed by atoms with Crippen LogP contribution in [0.2, 0.25) is 0 Å². The Labute approximate surface area is 182 Å². The van der Waals surface area contributed by atoms with E-state index < -0.39 is 0 Å². The third kappa shape index (κ3) is 4.37. The molecular weight excluding hydrogens is 392 g/mol. The summed E-state index contributed by atoms with van der Waals surface area (Å²) < 4.78 is 10.7. The first-order valence-corrected chi connectivity index (χ1v) is 10.6. The maximum atomic E-state index is 9.78. The molecule has 0 amide bonds. The molecule has 0 aliphatic carbocycles. The number of nitrogens with one attached hydrogen (secondary N) is 1. The molecule has 1 heterocycles. The highest BCUT2D eigenvalue weighted by Crippen LogP contribution is 2.39. The molecule has 0 spiro atoms. The summed E-state index contributed by atoms with van der Waals surface area (Å²) in [5.74, 6) is 1.95. The summed E-state index contributed by atoms with van der Waals surface area (Å²) in [5, 5.41) is 13.4. The fourth-order valence-electron chi connectivity index (χ4n) is 3.17. The van der Waals surface area contributed by atoms with Gasteiger partial charge in [0, 0.05) is 30.1 Å². The second-order valence-corrected chi connectivity index (χ2v) is 8.26. The standard InChI is InChI=1S/C24H26N4OS/c1-14(2)23(26-6)27-20-11-17(5)21(12-16(20)4)29-24-19(13-25)22(28-30-24)18-10-8-7-9-15(18)3/h7-12,14H,1-6H3,(H,26,27). The van der Waals surface area contributed by atoms with Crippen LogP contribution < -0.4 is 10.1 Å². The smallest absolute Gasteiger partial charge is 0.218 e. The van der Waals surface area contributed by atoms with Crippen molar-refractivity contribution in [3.63, 3.8) is 0 Å². The molecule has 0 aliphatic heterocycles. The summed E-state index contributed by atoms with van der Waals surface area (Å²) in [6.07, 6.45) is 0. The average Bonchev–Trinajstić information content (AvgIpc) is 3.11. The number of hydrogen-bond acceptors (Lipinski definition) is 5. The number of hydrogen-bond donors (Lipinski definition) is 1. The lowest BCUT2D eigenvalue weighted by molar-refractivity contribution is 0.491. The molecule has 30 heavy (non-hydrogen) atoms. The Kier molecular flexibility index (Phi) is 6.53. The maximum absolute atomic E-state index is 9.78. The van der Waals surface area contributed by atoms with Gasteiger partial charge in [0.05, 0.1) is 5.69 Å². The Morgan fingerprint density at radius 2 is 1.87 bits per heavy atom. The fraction of sp³-hybridized carbons (Fsp3) is 0.292. The van der Waals surface area contributed by atoms with Crippen LogP contribution in [0, 0.1) is 38.0 Å². The van der Waals surface area contributed by atoms with Crippen LogP contribution in [0.4, 0.5) is 5.69 Å². The first-order valence-electron chi connectivity index (χ1n) is 9.86. The Balaban J connectivity index is 1.97. The minimum absolute atomic E-state index is 0.306. The number of aliphatic imine (C=N–C) groups is 1. The normalized spacial score (nSPS) is 11.5. The van der Waals surface area contributed by atoms with Gasteiger partial charge in [-0.05, 0) is 49.6 Å². The van der Waals surface area contributed by atoms with Gasteiger partial charge in [-0.2, -0.15) is 9.64 Å². The molecular formula is C24H26N4OS. The first kappa shape index (κ1) is 21.5. The lowest BCUT2D eigenvalue weighted by atomic mass is 10.0. The van der Waals surface area contributed by atoms with Crippen molar-refractivity contribution < 1.29 is 4.74 Å². The number of ether oxygens (including phenoxy) is 1. The molecule has 154 valence electrons. The number of aryl methyl sites for hydroxylation is 3. The van der Waals surface area contributed by atoms with Crippen LogP contribution in [0.15, 0.2) is 41.4 Å². The topological polar surface area (TPSA) is 70.3 Å². The molecule has 6 heteroatoms. The Morgan fingerprint density at radius 1 is 1.13 bits per heavy atom. The lowest BCUT2D eigenvalue weighted by Gasteiger charge is -2.13. The summed E-state index contributed by atoms with van der Waals surface area (Å²) in [6.45, 7) is 10.2. The van der Waals surface area contributed by atoms with E-state index in [1.54, 1.807) is 0 Å². The molecule has 3 aromatic rings. The Bertz CT molecular complexity index is 1140. The van der Waals surface area contributed by atoms with E-state index in [0.29, 0.717) is 28.0 Å². The molecule has 1 aromatic heterocycles. The number of benzene rings is 2. The highest BCUT2D eigenvalue weighted by molar-refractivity contribution is 7.08. The Morgan fingerprint density at radius 3 is 2.50 bits per heavy atom. The minimum Gasteiger partial charge on any atom is -0.443 e. The number of aromatic nitrogens is 1. The molecule has 0 saturated heterocycles. The van der Waals surface area contributed by atoms with E-state index in [1.807, 2.05) is 64.2 Å². The maximum Gasteiger partial charge on any atom is 0.218 e. The average molecular weight is 419 g/mol. The summed E-state index contributed by atoms with van der Waals surface area (Å²) in [6, 6.07) is 14.2. The predicted molar refractivity (Wildman–Crippen MR) is 124 cm³/mol. The van der Waals surface area contributed by atoms with Crippen LogP contribution >= 0.6 is 11.5 Å². The molecule has 5 nitrogen and oxygen atoms in total. The predicted octanol–water partition coefficient (Wildman–Crippen LogP) is 6.30. The molecule has 2 aromatic carbocycles. The number of amidine groups is 1. The second kappa shape index (κ2) is 9.10.